The van der Waals surface area contributed by atoms with Crippen LogP contribution in [0.25, 0.3) is 10.2 Å². The van der Waals surface area contributed by atoms with Crippen LogP contribution in [0.5, 0.6) is 5.75 Å². The number of thioether (sulfide) groups is 1. The van der Waals surface area contributed by atoms with Gasteiger partial charge in [-0.2, -0.15) is 5.10 Å². The number of carbonyl (C=O) groups excluding carboxylic acids is 1. The van der Waals surface area contributed by atoms with Crippen molar-refractivity contribution in [3.8, 4) is 5.75 Å². The summed E-state index contributed by atoms with van der Waals surface area (Å²) in [5.41, 5.74) is 1.50. The molecule has 8 heteroatoms. The van der Waals surface area contributed by atoms with E-state index in [1.165, 1.54) is 11.3 Å². The lowest BCUT2D eigenvalue weighted by Crippen LogP contribution is -2.34. The zero-order chi connectivity index (χ0) is 21.8. The van der Waals surface area contributed by atoms with Crippen molar-refractivity contribution in [2.45, 2.75) is 30.5 Å². The third kappa shape index (κ3) is 5.08. The molecule has 4 rings (SSSR count). The Labute approximate surface area is 189 Å². The second-order valence-corrected chi connectivity index (χ2v) is 9.91. The number of hydrogen-bond acceptors (Lipinski definition) is 6. The van der Waals surface area contributed by atoms with E-state index >= 15 is 0 Å². The molecule has 4 aromatic rings. The van der Waals surface area contributed by atoms with Crippen LogP contribution in [0.3, 0.4) is 0 Å². The van der Waals surface area contributed by atoms with E-state index in [1.807, 2.05) is 59.4 Å². The van der Waals surface area contributed by atoms with E-state index in [1.54, 1.807) is 30.0 Å². The number of ether oxygens (including phenoxy) is 1. The first-order valence-corrected chi connectivity index (χ1v) is 11.7. The summed E-state index contributed by atoms with van der Waals surface area (Å²) in [7, 11) is 1.64. The Morgan fingerprint density at radius 2 is 2.10 bits per heavy atom. The topological polar surface area (TPSA) is 60.2 Å². The second-order valence-electron chi connectivity index (χ2n) is 7.25. The van der Waals surface area contributed by atoms with Crippen LogP contribution in [0.15, 0.2) is 65.8 Å². The van der Waals surface area contributed by atoms with Crippen LogP contribution in [0, 0.1) is 0 Å². The van der Waals surface area contributed by atoms with Crippen molar-refractivity contribution in [3.05, 3.63) is 66.5 Å². The molecule has 0 aliphatic heterocycles. The molecule has 0 aliphatic carbocycles. The summed E-state index contributed by atoms with van der Waals surface area (Å²) in [5, 5.41) is 5.38. The van der Waals surface area contributed by atoms with Crippen molar-refractivity contribution in [1.82, 2.24) is 14.8 Å². The van der Waals surface area contributed by atoms with Crippen LogP contribution in [-0.4, -0.2) is 39.6 Å². The third-order valence-electron chi connectivity index (χ3n) is 4.63. The molecule has 0 unspecified atom stereocenters. The highest BCUT2D eigenvalue weighted by atomic mass is 32.2. The fraction of sp³-hybridized carbons (Fsp3) is 0.261. The van der Waals surface area contributed by atoms with Crippen molar-refractivity contribution in [3.63, 3.8) is 0 Å². The smallest absolute Gasteiger partial charge is 0.260 e. The fourth-order valence-electron chi connectivity index (χ4n) is 3.18. The molecule has 1 amide bonds. The average Bonchev–Trinajstić information content (AvgIpc) is 3.42. The Hall–Kier alpha value is -2.84. The Bertz CT molecular complexity index is 1170. The SMILES string of the molecule is COc1ccc2nc(N(CCn3cccn3)C(=O)c3cccc(SC(C)C)c3)sc2c1. The van der Waals surface area contributed by atoms with E-state index in [0.717, 1.165) is 20.9 Å². The molecule has 0 bridgehead atoms. The normalized spacial score (nSPS) is 11.2. The highest BCUT2D eigenvalue weighted by Crippen LogP contribution is 2.32. The highest BCUT2D eigenvalue weighted by molar-refractivity contribution is 7.99. The molecule has 160 valence electrons. The summed E-state index contributed by atoms with van der Waals surface area (Å²) in [6, 6.07) is 15.4. The van der Waals surface area contributed by atoms with Crippen LogP contribution in [-0.2, 0) is 6.54 Å². The molecule has 2 aromatic carbocycles. The molecule has 0 saturated carbocycles. The van der Waals surface area contributed by atoms with Crippen molar-refractivity contribution in [2.75, 3.05) is 18.6 Å². The molecule has 0 fully saturated rings. The Morgan fingerprint density at radius 3 is 2.84 bits per heavy atom. The first-order chi connectivity index (χ1) is 15.0. The predicted octanol–water partition coefficient (Wildman–Crippen LogP) is 5.35. The largest absolute Gasteiger partial charge is 0.497 e. The van der Waals surface area contributed by atoms with Crippen molar-refractivity contribution < 1.29 is 9.53 Å². The predicted molar refractivity (Wildman–Crippen MR) is 128 cm³/mol. The molecule has 0 N–H and O–H groups in total. The summed E-state index contributed by atoms with van der Waals surface area (Å²) in [5.74, 6) is 0.708. The van der Waals surface area contributed by atoms with E-state index in [0.29, 0.717) is 29.0 Å². The number of fused-ring (bicyclic) bond motifs is 1. The Balaban J connectivity index is 1.67. The lowest BCUT2D eigenvalue weighted by Gasteiger charge is -2.20. The van der Waals surface area contributed by atoms with E-state index in [4.69, 9.17) is 9.72 Å². The summed E-state index contributed by atoms with van der Waals surface area (Å²) < 4.78 is 8.14. The number of thiazole rings is 1. The fourth-order valence-corrected chi connectivity index (χ4v) is 5.10. The van der Waals surface area contributed by atoms with E-state index in [2.05, 4.69) is 18.9 Å². The zero-order valence-electron chi connectivity index (χ0n) is 17.7. The number of rotatable bonds is 8. The lowest BCUT2D eigenvalue weighted by atomic mass is 10.2. The van der Waals surface area contributed by atoms with E-state index in [-0.39, 0.29) is 5.91 Å². The number of nitrogens with zero attached hydrogens (tertiary/aromatic N) is 4. The average molecular weight is 453 g/mol. The van der Waals surface area contributed by atoms with Gasteiger partial charge in [0.25, 0.3) is 5.91 Å². The number of benzene rings is 2. The zero-order valence-corrected chi connectivity index (χ0v) is 19.3. The molecule has 0 radical (unpaired) electrons. The summed E-state index contributed by atoms with van der Waals surface area (Å²) in [4.78, 5) is 21.1. The van der Waals surface area contributed by atoms with Gasteiger partial charge in [0.15, 0.2) is 5.13 Å². The minimum absolute atomic E-state index is 0.0654. The quantitative estimate of drug-likeness (QED) is 0.337. The van der Waals surface area contributed by atoms with Gasteiger partial charge in [-0.05, 0) is 42.5 Å². The van der Waals surface area contributed by atoms with Gasteiger partial charge >= 0.3 is 0 Å². The molecule has 0 atom stereocenters. The number of methoxy groups -OCH3 is 1. The van der Waals surface area contributed by atoms with Gasteiger partial charge in [-0.1, -0.05) is 31.3 Å². The Morgan fingerprint density at radius 1 is 1.23 bits per heavy atom. The monoisotopic (exact) mass is 452 g/mol. The third-order valence-corrected chi connectivity index (χ3v) is 6.66. The first kappa shape index (κ1) is 21.4. The number of anilines is 1. The minimum atomic E-state index is -0.0654. The van der Waals surface area contributed by atoms with E-state index in [9.17, 15) is 4.79 Å². The van der Waals surface area contributed by atoms with Gasteiger partial charge < -0.3 is 4.74 Å². The van der Waals surface area contributed by atoms with Gasteiger partial charge in [-0.3, -0.25) is 14.4 Å². The van der Waals surface area contributed by atoms with Crippen LogP contribution >= 0.6 is 23.1 Å². The maximum Gasteiger partial charge on any atom is 0.260 e. The van der Waals surface area contributed by atoms with E-state index < -0.39 is 0 Å². The van der Waals surface area contributed by atoms with Crippen LogP contribution in [0.4, 0.5) is 5.13 Å². The molecular weight excluding hydrogens is 428 g/mol. The minimum Gasteiger partial charge on any atom is -0.497 e. The molecule has 0 aliphatic rings. The van der Waals surface area contributed by atoms with Gasteiger partial charge in [0.05, 0.1) is 23.9 Å². The molecule has 31 heavy (non-hydrogen) atoms. The number of amides is 1. The van der Waals surface area contributed by atoms with Gasteiger partial charge in [0.2, 0.25) is 0 Å². The standard InChI is InChI=1S/C23H24N4O2S2/c1-16(2)30-19-7-4-6-17(14-19)22(28)27(13-12-26-11-5-10-24-26)23-25-20-9-8-18(29-3)15-21(20)31-23/h4-11,14-16H,12-13H2,1-3H3. The van der Waals surface area contributed by atoms with Crippen molar-refractivity contribution >= 4 is 44.4 Å². The summed E-state index contributed by atoms with van der Waals surface area (Å²) in [6.07, 6.45) is 3.63. The Kier molecular flexibility index (Phi) is 6.58. The van der Waals surface area contributed by atoms with Crippen molar-refractivity contribution in [2.24, 2.45) is 0 Å². The van der Waals surface area contributed by atoms with Crippen LogP contribution in [0.1, 0.15) is 24.2 Å². The maximum absolute atomic E-state index is 13.6. The maximum atomic E-state index is 13.6. The second kappa shape index (κ2) is 9.53. The number of carbonyl (C=O) groups is 1. The first-order valence-electron chi connectivity index (χ1n) is 10.0. The van der Waals surface area contributed by atoms with Crippen LogP contribution < -0.4 is 9.64 Å². The summed E-state index contributed by atoms with van der Waals surface area (Å²) in [6.45, 7) is 5.34. The van der Waals surface area contributed by atoms with Gasteiger partial charge in [-0.15, -0.1) is 11.8 Å². The van der Waals surface area contributed by atoms with Gasteiger partial charge in [0.1, 0.15) is 5.75 Å². The van der Waals surface area contributed by atoms with Crippen molar-refractivity contribution in [1.29, 1.82) is 0 Å². The lowest BCUT2D eigenvalue weighted by molar-refractivity contribution is 0.0985. The molecule has 2 heterocycles. The van der Waals surface area contributed by atoms with Crippen LogP contribution in [0.2, 0.25) is 0 Å². The van der Waals surface area contributed by atoms with Gasteiger partial charge in [0, 0.05) is 34.6 Å². The molecular formula is C23H24N4O2S2. The number of aromatic nitrogens is 3. The molecule has 0 spiro atoms. The number of hydrogen-bond donors (Lipinski definition) is 0. The highest BCUT2D eigenvalue weighted by Gasteiger charge is 2.22. The molecule has 0 saturated heterocycles. The molecule has 2 aromatic heterocycles. The van der Waals surface area contributed by atoms with Gasteiger partial charge in [-0.25, -0.2) is 4.98 Å². The summed E-state index contributed by atoms with van der Waals surface area (Å²) >= 11 is 3.23. The molecule has 6 nitrogen and oxygen atoms in total.